The van der Waals surface area contributed by atoms with Crippen molar-refractivity contribution in [2.24, 2.45) is 7.05 Å². The maximum Gasteiger partial charge on any atom is 0.252 e. The average Bonchev–Trinajstić information content (AvgIpc) is 3.44. The molecule has 0 aromatic carbocycles. The second-order valence-corrected chi connectivity index (χ2v) is 9.09. The minimum Gasteiger partial charge on any atom is -0.355 e. The average molecular weight is 445 g/mol. The molecule has 9 nitrogen and oxygen atoms in total. The molecule has 0 unspecified atom stereocenters. The van der Waals surface area contributed by atoms with Crippen molar-refractivity contribution in [1.29, 1.82) is 0 Å². The Labute approximate surface area is 192 Å². The Morgan fingerprint density at radius 2 is 2.03 bits per heavy atom. The predicted octanol–water partition coefficient (Wildman–Crippen LogP) is 2.80. The quantitative estimate of drug-likeness (QED) is 0.509. The van der Waals surface area contributed by atoms with Crippen molar-refractivity contribution in [3.05, 3.63) is 53.6 Å². The lowest BCUT2D eigenvalue weighted by Crippen LogP contribution is -2.41. The first-order valence-electron chi connectivity index (χ1n) is 11.1. The molecule has 1 amide bonds. The molecule has 5 rings (SSSR count). The maximum atomic E-state index is 12.1. The zero-order valence-corrected chi connectivity index (χ0v) is 19.6. The number of carbonyl (C=O) groups excluding carboxylic acids is 1. The number of nitrogens with zero attached hydrogens (tertiary/aromatic N) is 7. The van der Waals surface area contributed by atoms with E-state index in [0.29, 0.717) is 23.3 Å². The third kappa shape index (κ3) is 3.53. The van der Waals surface area contributed by atoms with E-state index in [9.17, 15) is 4.79 Å². The van der Waals surface area contributed by atoms with E-state index < -0.39 is 0 Å². The van der Waals surface area contributed by atoms with Crippen LogP contribution < -0.4 is 10.2 Å². The van der Waals surface area contributed by atoms with Gasteiger partial charge in [0.15, 0.2) is 5.65 Å². The van der Waals surface area contributed by atoms with Gasteiger partial charge in [0.25, 0.3) is 5.91 Å². The van der Waals surface area contributed by atoms with Crippen LogP contribution in [0.15, 0.2) is 36.8 Å². The summed E-state index contributed by atoms with van der Waals surface area (Å²) in [5.41, 5.74) is 4.93. The van der Waals surface area contributed by atoms with E-state index in [1.165, 1.54) is 5.56 Å². The maximum absolute atomic E-state index is 12.1. The third-order valence-corrected chi connectivity index (χ3v) is 6.29. The van der Waals surface area contributed by atoms with E-state index >= 15 is 0 Å². The number of pyridine rings is 2. The van der Waals surface area contributed by atoms with Gasteiger partial charge in [0, 0.05) is 50.3 Å². The number of fused-ring (bicyclic) bond motifs is 2. The first kappa shape index (κ1) is 21.1. The van der Waals surface area contributed by atoms with Crippen molar-refractivity contribution < 1.29 is 4.79 Å². The number of nitrogens with one attached hydrogen (secondary N) is 1. The minimum atomic E-state index is -0.189. The molecule has 0 saturated heterocycles. The number of aromatic nitrogens is 6. The number of hydrogen-bond acceptors (Lipinski definition) is 6. The highest BCUT2D eigenvalue weighted by atomic mass is 16.1. The largest absolute Gasteiger partial charge is 0.355 e. The monoisotopic (exact) mass is 444 g/mol. The van der Waals surface area contributed by atoms with Crippen LogP contribution in [-0.4, -0.2) is 54.3 Å². The predicted molar refractivity (Wildman–Crippen MR) is 127 cm³/mol. The van der Waals surface area contributed by atoms with Crippen molar-refractivity contribution in [2.75, 3.05) is 18.5 Å². The first-order chi connectivity index (χ1) is 15.8. The Kier molecular flexibility index (Phi) is 4.92. The van der Waals surface area contributed by atoms with Gasteiger partial charge in [0.05, 0.1) is 17.8 Å². The van der Waals surface area contributed by atoms with Crippen LogP contribution in [0.4, 0.5) is 5.82 Å². The third-order valence-electron chi connectivity index (χ3n) is 6.29. The number of aryl methyl sites for hydroxylation is 1. The molecule has 0 atom stereocenters. The topological polar surface area (TPSA) is 93.8 Å². The molecule has 9 heteroatoms. The van der Waals surface area contributed by atoms with E-state index in [1.54, 1.807) is 24.0 Å². The summed E-state index contributed by atoms with van der Waals surface area (Å²) in [6.45, 7) is 8.09. The van der Waals surface area contributed by atoms with Crippen LogP contribution in [0.2, 0.25) is 0 Å². The summed E-state index contributed by atoms with van der Waals surface area (Å²) in [5, 5.41) is 7.18. The lowest BCUT2D eigenvalue weighted by Gasteiger charge is -2.32. The fourth-order valence-electron chi connectivity index (χ4n) is 4.78. The van der Waals surface area contributed by atoms with E-state index in [-0.39, 0.29) is 11.4 Å². The van der Waals surface area contributed by atoms with Gasteiger partial charge >= 0.3 is 0 Å². The summed E-state index contributed by atoms with van der Waals surface area (Å²) in [6.07, 6.45) is 6.32. The standard InChI is InChI=1S/C24H28N8O/c1-6-32-20-15(11-24(32,2)3)9-16(12-26-20)21-28-19-10-17(23(33)25-4)13-27-22(19)31(21)14-18-7-8-30(5)29-18/h7-10,12-13H,6,11,14H2,1-5H3,(H,25,33). The van der Waals surface area contributed by atoms with Crippen LogP contribution >= 0.6 is 0 Å². The van der Waals surface area contributed by atoms with E-state index in [4.69, 9.17) is 9.97 Å². The highest BCUT2D eigenvalue weighted by molar-refractivity contribution is 5.96. The normalized spacial score (nSPS) is 14.6. The van der Waals surface area contributed by atoms with Crippen LogP contribution in [0, 0.1) is 0 Å². The molecule has 1 N–H and O–H groups in total. The Morgan fingerprint density at radius 1 is 1.21 bits per heavy atom. The van der Waals surface area contributed by atoms with Crippen molar-refractivity contribution in [3.8, 4) is 11.4 Å². The molecule has 0 saturated carbocycles. The number of amides is 1. The summed E-state index contributed by atoms with van der Waals surface area (Å²) in [6, 6.07) is 5.95. The molecule has 4 aromatic rings. The molecule has 5 heterocycles. The second kappa shape index (κ2) is 7.68. The van der Waals surface area contributed by atoms with Crippen LogP contribution in [0.3, 0.4) is 0 Å². The SMILES string of the molecule is CCN1c2ncc(-c3nc4cc(C(=O)NC)cnc4n3Cc3ccn(C)n3)cc2CC1(C)C. The van der Waals surface area contributed by atoms with Gasteiger partial charge in [0.2, 0.25) is 0 Å². The molecule has 4 aromatic heterocycles. The summed E-state index contributed by atoms with van der Waals surface area (Å²) >= 11 is 0. The lowest BCUT2D eigenvalue weighted by atomic mass is 9.99. The molecule has 0 aliphatic carbocycles. The molecular formula is C24H28N8O. The van der Waals surface area contributed by atoms with Crippen LogP contribution in [0.1, 0.15) is 42.4 Å². The van der Waals surface area contributed by atoms with Gasteiger partial charge in [-0.15, -0.1) is 0 Å². The molecule has 0 radical (unpaired) electrons. The van der Waals surface area contributed by atoms with Crippen molar-refractivity contribution >= 4 is 22.9 Å². The highest BCUT2D eigenvalue weighted by Crippen LogP contribution is 2.38. The summed E-state index contributed by atoms with van der Waals surface area (Å²) in [7, 11) is 3.50. The molecule has 1 aliphatic rings. The molecule has 0 bridgehead atoms. The van der Waals surface area contributed by atoms with Crippen molar-refractivity contribution in [2.45, 2.75) is 39.3 Å². The zero-order valence-electron chi connectivity index (χ0n) is 19.6. The number of hydrogen-bond donors (Lipinski definition) is 1. The van der Waals surface area contributed by atoms with Crippen LogP contribution in [-0.2, 0) is 20.0 Å². The van der Waals surface area contributed by atoms with Gasteiger partial charge < -0.3 is 14.8 Å². The Morgan fingerprint density at radius 3 is 2.73 bits per heavy atom. The number of carbonyl (C=O) groups is 1. The van der Waals surface area contributed by atoms with Crippen molar-refractivity contribution in [3.63, 3.8) is 0 Å². The highest BCUT2D eigenvalue weighted by Gasteiger charge is 2.36. The molecule has 33 heavy (non-hydrogen) atoms. The molecular weight excluding hydrogens is 416 g/mol. The fraction of sp³-hybridized carbons (Fsp3) is 0.375. The van der Waals surface area contributed by atoms with Crippen molar-refractivity contribution in [1.82, 2.24) is 34.6 Å². The van der Waals surface area contributed by atoms with Gasteiger partial charge in [-0.2, -0.15) is 5.10 Å². The molecule has 0 spiro atoms. The second-order valence-electron chi connectivity index (χ2n) is 9.09. The van der Waals surface area contributed by atoms with Gasteiger partial charge in [-0.1, -0.05) is 0 Å². The lowest BCUT2D eigenvalue weighted by molar-refractivity contribution is 0.0963. The Bertz CT molecular complexity index is 1370. The summed E-state index contributed by atoms with van der Waals surface area (Å²) < 4.78 is 3.83. The van der Waals surface area contributed by atoms with Gasteiger partial charge in [-0.05, 0) is 51.0 Å². The zero-order chi connectivity index (χ0) is 23.3. The number of rotatable bonds is 5. The summed E-state index contributed by atoms with van der Waals surface area (Å²) in [4.78, 5) is 28.8. The summed E-state index contributed by atoms with van der Waals surface area (Å²) in [5.74, 6) is 1.62. The smallest absolute Gasteiger partial charge is 0.252 e. The number of likely N-dealkylation sites (N-methyl/N-ethyl adjacent to an activating group) is 1. The number of imidazole rings is 1. The molecule has 1 aliphatic heterocycles. The molecule has 0 fully saturated rings. The van der Waals surface area contributed by atoms with E-state index in [2.05, 4.69) is 47.1 Å². The van der Waals surface area contributed by atoms with Crippen LogP contribution in [0.5, 0.6) is 0 Å². The van der Waals surface area contributed by atoms with Crippen LogP contribution in [0.25, 0.3) is 22.6 Å². The first-order valence-corrected chi connectivity index (χ1v) is 11.1. The Hall–Kier alpha value is -3.75. The molecule has 170 valence electrons. The minimum absolute atomic E-state index is 0.0285. The number of anilines is 1. The van der Waals surface area contributed by atoms with Gasteiger partial charge in [-0.25, -0.2) is 15.0 Å². The van der Waals surface area contributed by atoms with Gasteiger partial charge in [-0.3, -0.25) is 9.48 Å². The fourth-order valence-corrected chi connectivity index (χ4v) is 4.78. The van der Waals surface area contributed by atoms with Gasteiger partial charge in [0.1, 0.15) is 17.2 Å². The Balaban J connectivity index is 1.65. The van der Waals surface area contributed by atoms with E-state index in [1.807, 2.05) is 30.1 Å². The van der Waals surface area contributed by atoms with E-state index in [0.717, 1.165) is 35.9 Å².